The minimum atomic E-state index is -0.780. The third kappa shape index (κ3) is 2.02. The van der Waals surface area contributed by atoms with Crippen molar-refractivity contribution in [1.82, 2.24) is 4.98 Å². The van der Waals surface area contributed by atoms with Gasteiger partial charge in [0, 0.05) is 5.46 Å². The Bertz CT molecular complexity index is 434. The van der Waals surface area contributed by atoms with Crippen molar-refractivity contribution in [2.24, 2.45) is 0 Å². The van der Waals surface area contributed by atoms with E-state index < -0.39 is 24.3 Å². The molecule has 1 aromatic heterocycles. The topological polar surface area (TPSA) is 51.6 Å². The van der Waals surface area contributed by atoms with Gasteiger partial charge in [0.2, 0.25) is 5.95 Å². The fourth-order valence-corrected chi connectivity index (χ4v) is 1.60. The van der Waals surface area contributed by atoms with Gasteiger partial charge < -0.3 is 14.4 Å². The average Bonchev–Trinajstić information content (AvgIpc) is 2.40. The van der Waals surface area contributed by atoms with Crippen LogP contribution in [0.3, 0.4) is 0 Å². The summed E-state index contributed by atoms with van der Waals surface area (Å²) in [7, 11) is -0.780. The fourth-order valence-electron chi connectivity index (χ4n) is 1.60. The summed E-state index contributed by atoms with van der Waals surface area (Å²) in [6.07, 6.45) is 1.05. The highest BCUT2D eigenvalue weighted by Gasteiger charge is 2.52. The van der Waals surface area contributed by atoms with E-state index in [-0.39, 0.29) is 11.2 Å². The van der Waals surface area contributed by atoms with Crippen LogP contribution in [0.25, 0.3) is 0 Å². The molecular weight excluding hydrogens is 224 g/mol. The van der Waals surface area contributed by atoms with Gasteiger partial charge in [-0.25, -0.2) is 4.98 Å². The maximum Gasteiger partial charge on any atom is 0.498 e. The van der Waals surface area contributed by atoms with Crippen LogP contribution in [0.5, 0.6) is 5.75 Å². The zero-order valence-corrected chi connectivity index (χ0v) is 10.3. The van der Waals surface area contributed by atoms with Crippen LogP contribution in [-0.2, 0) is 9.31 Å². The van der Waals surface area contributed by atoms with Gasteiger partial charge in [0.05, 0.1) is 17.4 Å². The van der Waals surface area contributed by atoms with Gasteiger partial charge in [0.15, 0.2) is 0 Å². The van der Waals surface area contributed by atoms with Crippen LogP contribution in [0.2, 0.25) is 0 Å². The van der Waals surface area contributed by atoms with Gasteiger partial charge in [-0.1, -0.05) is 0 Å². The number of pyridine rings is 1. The smallest absolute Gasteiger partial charge is 0.498 e. The lowest BCUT2D eigenvalue weighted by Crippen LogP contribution is -2.41. The van der Waals surface area contributed by atoms with Crippen LogP contribution in [0, 0.1) is 5.95 Å². The molecule has 0 unspecified atom stereocenters. The number of rotatable bonds is 1. The van der Waals surface area contributed by atoms with Crippen LogP contribution in [0.1, 0.15) is 27.7 Å². The largest absolute Gasteiger partial charge is 0.507 e. The molecule has 0 amide bonds. The highest BCUT2D eigenvalue weighted by molar-refractivity contribution is 6.63. The van der Waals surface area contributed by atoms with Gasteiger partial charge in [0.25, 0.3) is 0 Å². The standard InChI is InChI=1S/C11H15BFNO3/c1-10(2)11(3,4)17-12(16-10)7-5-9(13)14-6-8(7)15/h5-6,15H,1-4H3. The van der Waals surface area contributed by atoms with Crippen LogP contribution in [-0.4, -0.2) is 28.4 Å². The Hall–Kier alpha value is -1.14. The SMILES string of the molecule is CC1(C)OB(c2cc(F)ncc2O)OC1(C)C. The Morgan fingerprint density at radius 2 is 1.76 bits per heavy atom. The van der Waals surface area contributed by atoms with E-state index in [2.05, 4.69) is 4.98 Å². The molecule has 1 fully saturated rings. The summed E-state index contributed by atoms with van der Waals surface area (Å²) in [4.78, 5) is 3.36. The first kappa shape index (κ1) is 12.3. The third-order valence-electron chi connectivity index (χ3n) is 3.39. The second-order valence-electron chi connectivity index (χ2n) is 5.15. The van der Waals surface area contributed by atoms with E-state index in [1.54, 1.807) is 0 Å². The molecule has 0 aromatic carbocycles. The van der Waals surface area contributed by atoms with Crippen molar-refractivity contribution in [3.8, 4) is 5.75 Å². The second-order valence-corrected chi connectivity index (χ2v) is 5.15. The van der Waals surface area contributed by atoms with Crippen LogP contribution < -0.4 is 5.46 Å². The molecule has 1 N–H and O–H groups in total. The Kier molecular flexibility index (Phi) is 2.67. The first-order valence-corrected chi connectivity index (χ1v) is 5.43. The lowest BCUT2D eigenvalue weighted by atomic mass is 9.79. The lowest BCUT2D eigenvalue weighted by Gasteiger charge is -2.32. The molecular formula is C11H15BFNO3. The van der Waals surface area contributed by atoms with Crippen molar-refractivity contribution in [2.75, 3.05) is 0 Å². The van der Waals surface area contributed by atoms with Crippen LogP contribution in [0.15, 0.2) is 12.3 Å². The Morgan fingerprint density at radius 3 is 2.29 bits per heavy atom. The minimum Gasteiger partial charge on any atom is -0.507 e. The lowest BCUT2D eigenvalue weighted by molar-refractivity contribution is 0.00578. The Balaban J connectivity index is 2.35. The summed E-state index contributed by atoms with van der Waals surface area (Å²) in [5.41, 5.74) is -0.788. The van der Waals surface area contributed by atoms with Gasteiger partial charge in [-0.2, -0.15) is 4.39 Å². The maximum atomic E-state index is 13.1. The molecule has 1 aromatic rings. The van der Waals surface area contributed by atoms with Crippen LogP contribution >= 0.6 is 0 Å². The van der Waals surface area contributed by atoms with Crippen molar-refractivity contribution in [3.63, 3.8) is 0 Å². The highest BCUT2D eigenvalue weighted by atomic mass is 19.1. The van der Waals surface area contributed by atoms with Crippen molar-refractivity contribution < 1.29 is 18.8 Å². The molecule has 1 saturated heterocycles. The molecule has 0 spiro atoms. The molecule has 2 heterocycles. The zero-order valence-electron chi connectivity index (χ0n) is 10.3. The molecule has 17 heavy (non-hydrogen) atoms. The molecule has 2 rings (SSSR count). The number of aromatic hydroxyl groups is 1. The van der Waals surface area contributed by atoms with E-state index in [0.717, 1.165) is 12.3 Å². The van der Waals surface area contributed by atoms with E-state index in [0.29, 0.717) is 0 Å². The molecule has 4 nitrogen and oxygen atoms in total. The van der Waals surface area contributed by atoms with Crippen molar-refractivity contribution in [2.45, 2.75) is 38.9 Å². The number of nitrogens with zero attached hydrogens (tertiary/aromatic N) is 1. The van der Waals surface area contributed by atoms with Gasteiger partial charge in [0.1, 0.15) is 5.75 Å². The highest BCUT2D eigenvalue weighted by Crippen LogP contribution is 2.36. The van der Waals surface area contributed by atoms with Crippen molar-refractivity contribution in [3.05, 3.63) is 18.2 Å². The van der Waals surface area contributed by atoms with Crippen molar-refractivity contribution in [1.29, 1.82) is 0 Å². The molecule has 92 valence electrons. The van der Waals surface area contributed by atoms with Gasteiger partial charge >= 0.3 is 7.12 Å². The van der Waals surface area contributed by atoms with E-state index in [1.807, 2.05) is 27.7 Å². The number of aromatic nitrogens is 1. The molecule has 0 saturated carbocycles. The zero-order chi connectivity index (χ0) is 12.8. The van der Waals surface area contributed by atoms with E-state index in [9.17, 15) is 9.50 Å². The van der Waals surface area contributed by atoms with Gasteiger partial charge in [-0.15, -0.1) is 0 Å². The third-order valence-corrected chi connectivity index (χ3v) is 3.39. The summed E-state index contributed by atoms with van der Waals surface area (Å²) in [6, 6.07) is 1.12. The summed E-state index contributed by atoms with van der Waals surface area (Å²) in [6.45, 7) is 7.56. The summed E-state index contributed by atoms with van der Waals surface area (Å²) < 4.78 is 24.5. The number of hydrogen-bond donors (Lipinski definition) is 1. The fraction of sp³-hybridized carbons (Fsp3) is 0.545. The molecule has 0 radical (unpaired) electrons. The molecule has 0 aliphatic carbocycles. The number of hydrogen-bond acceptors (Lipinski definition) is 4. The summed E-state index contributed by atoms with van der Waals surface area (Å²) in [5, 5.41) is 9.65. The molecule has 1 aliphatic heterocycles. The maximum absolute atomic E-state index is 13.1. The van der Waals surface area contributed by atoms with E-state index in [1.165, 1.54) is 0 Å². The Labute approximate surface area is 99.9 Å². The normalized spacial score (nSPS) is 21.8. The number of halogens is 1. The first-order chi connectivity index (χ1) is 7.73. The summed E-state index contributed by atoms with van der Waals surface area (Å²) in [5.74, 6) is -0.808. The molecule has 0 atom stereocenters. The van der Waals surface area contributed by atoms with Gasteiger partial charge in [-0.05, 0) is 33.8 Å². The predicted octanol–water partition coefficient (Wildman–Crippen LogP) is 1.23. The minimum absolute atomic E-state index is 0.134. The second kappa shape index (κ2) is 3.68. The Morgan fingerprint density at radius 1 is 1.24 bits per heavy atom. The quantitative estimate of drug-likeness (QED) is 0.591. The van der Waals surface area contributed by atoms with Crippen molar-refractivity contribution >= 4 is 12.6 Å². The van der Waals surface area contributed by atoms with E-state index in [4.69, 9.17) is 9.31 Å². The summed E-state index contributed by atoms with van der Waals surface area (Å²) >= 11 is 0. The molecule has 0 bridgehead atoms. The van der Waals surface area contributed by atoms with E-state index >= 15 is 0 Å². The van der Waals surface area contributed by atoms with Crippen LogP contribution in [0.4, 0.5) is 4.39 Å². The monoisotopic (exact) mass is 239 g/mol. The predicted molar refractivity (Wildman–Crippen MR) is 61.6 cm³/mol. The average molecular weight is 239 g/mol. The first-order valence-electron chi connectivity index (χ1n) is 5.43. The molecule has 6 heteroatoms. The molecule has 1 aliphatic rings. The van der Waals surface area contributed by atoms with Gasteiger partial charge in [-0.3, -0.25) is 0 Å².